The predicted molar refractivity (Wildman–Crippen MR) is 56.9 cm³/mol. The molecule has 0 aliphatic heterocycles. The highest BCUT2D eigenvalue weighted by Gasteiger charge is 2.22. The summed E-state index contributed by atoms with van der Waals surface area (Å²) in [6.45, 7) is 3.62. The fourth-order valence-electron chi connectivity index (χ4n) is 0.802. The van der Waals surface area contributed by atoms with Crippen LogP contribution in [0.1, 0.15) is 20.3 Å². The van der Waals surface area contributed by atoms with Crippen LogP contribution in [0.25, 0.3) is 0 Å². The van der Waals surface area contributed by atoms with Gasteiger partial charge in [0.1, 0.15) is 0 Å². The molecule has 4 nitrogen and oxygen atoms in total. The SMILES string of the molecule is CCC(C)(CO)NC(=O)CSCC#N. The smallest absolute Gasteiger partial charge is 0.230 e. The zero-order chi connectivity index (χ0) is 11.0. The van der Waals surface area contributed by atoms with Crippen molar-refractivity contribution in [2.45, 2.75) is 25.8 Å². The number of hydrogen-bond donors (Lipinski definition) is 2. The van der Waals surface area contributed by atoms with Crippen LogP contribution in [0, 0.1) is 11.3 Å². The monoisotopic (exact) mass is 216 g/mol. The topological polar surface area (TPSA) is 73.1 Å². The lowest BCUT2D eigenvalue weighted by molar-refractivity contribution is -0.120. The van der Waals surface area contributed by atoms with Crippen molar-refractivity contribution in [1.29, 1.82) is 5.26 Å². The summed E-state index contributed by atoms with van der Waals surface area (Å²) < 4.78 is 0. The van der Waals surface area contributed by atoms with Crippen molar-refractivity contribution >= 4 is 17.7 Å². The van der Waals surface area contributed by atoms with Crippen molar-refractivity contribution < 1.29 is 9.90 Å². The Kier molecular flexibility index (Phi) is 6.34. The minimum atomic E-state index is -0.537. The van der Waals surface area contributed by atoms with E-state index in [0.29, 0.717) is 12.2 Å². The van der Waals surface area contributed by atoms with E-state index in [1.807, 2.05) is 13.0 Å². The Morgan fingerprint density at radius 2 is 2.36 bits per heavy atom. The molecular formula is C9H16N2O2S. The van der Waals surface area contributed by atoms with Crippen molar-refractivity contribution in [3.63, 3.8) is 0 Å². The number of nitrogens with one attached hydrogen (secondary N) is 1. The standard InChI is InChI=1S/C9H16N2O2S/c1-3-9(2,7-12)11-8(13)6-14-5-4-10/h12H,3,5-7H2,1-2H3,(H,11,13). The van der Waals surface area contributed by atoms with E-state index in [9.17, 15) is 4.79 Å². The van der Waals surface area contributed by atoms with Crippen LogP contribution in [0.2, 0.25) is 0 Å². The Labute approximate surface area is 88.7 Å². The first-order valence-corrected chi connectivity index (χ1v) is 5.60. The number of hydrogen-bond acceptors (Lipinski definition) is 4. The van der Waals surface area contributed by atoms with Crippen LogP contribution in [0.15, 0.2) is 0 Å². The minimum absolute atomic E-state index is 0.0713. The second kappa shape index (κ2) is 6.68. The molecule has 80 valence electrons. The van der Waals surface area contributed by atoms with Gasteiger partial charge < -0.3 is 10.4 Å². The number of carbonyl (C=O) groups is 1. The van der Waals surface area contributed by atoms with Gasteiger partial charge in [0.15, 0.2) is 0 Å². The lowest BCUT2D eigenvalue weighted by Crippen LogP contribution is -2.49. The average Bonchev–Trinajstić information content (AvgIpc) is 2.18. The normalized spacial score (nSPS) is 14.1. The van der Waals surface area contributed by atoms with Crippen molar-refractivity contribution in [3.8, 4) is 6.07 Å². The third-order valence-corrected chi connectivity index (χ3v) is 2.77. The lowest BCUT2D eigenvalue weighted by Gasteiger charge is -2.26. The lowest BCUT2D eigenvalue weighted by atomic mass is 10.0. The highest BCUT2D eigenvalue weighted by Crippen LogP contribution is 2.08. The predicted octanol–water partition coefficient (Wildman–Crippen LogP) is 0.520. The summed E-state index contributed by atoms with van der Waals surface area (Å²) in [6.07, 6.45) is 0.679. The molecule has 0 fully saturated rings. The highest BCUT2D eigenvalue weighted by molar-refractivity contribution is 8.00. The summed E-state index contributed by atoms with van der Waals surface area (Å²) in [6, 6.07) is 1.95. The Hall–Kier alpha value is -0.730. The quantitative estimate of drug-likeness (QED) is 0.635. The number of carbonyl (C=O) groups excluding carboxylic acids is 1. The first kappa shape index (κ1) is 13.3. The maximum Gasteiger partial charge on any atom is 0.230 e. The number of amides is 1. The largest absolute Gasteiger partial charge is 0.394 e. The van der Waals surface area contributed by atoms with Gasteiger partial charge in [-0.25, -0.2) is 0 Å². The molecule has 0 bridgehead atoms. The zero-order valence-corrected chi connectivity index (χ0v) is 9.36. The van der Waals surface area contributed by atoms with Crippen LogP contribution < -0.4 is 5.32 Å². The average molecular weight is 216 g/mol. The summed E-state index contributed by atoms with van der Waals surface area (Å²) in [4.78, 5) is 11.3. The van der Waals surface area contributed by atoms with Gasteiger partial charge in [-0.3, -0.25) is 4.79 Å². The molecule has 0 spiro atoms. The second-order valence-corrected chi connectivity index (χ2v) is 4.26. The van der Waals surface area contributed by atoms with Gasteiger partial charge in [0.2, 0.25) is 5.91 Å². The molecule has 1 atom stereocenters. The first-order chi connectivity index (χ1) is 6.58. The number of rotatable bonds is 6. The van der Waals surface area contributed by atoms with Crippen LogP contribution in [-0.4, -0.2) is 34.7 Å². The Morgan fingerprint density at radius 1 is 1.71 bits per heavy atom. The van der Waals surface area contributed by atoms with E-state index >= 15 is 0 Å². The van der Waals surface area contributed by atoms with Crippen molar-refractivity contribution in [2.75, 3.05) is 18.1 Å². The van der Waals surface area contributed by atoms with Crippen molar-refractivity contribution in [1.82, 2.24) is 5.32 Å². The van der Waals surface area contributed by atoms with Crippen LogP contribution in [-0.2, 0) is 4.79 Å². The van der Waals surface area contributed by atoms with E-state index in [2.05, 4.69) is 5.32 Å². The molecule has 1 unspecified atom stereocenters. The van der Waals surface area contributed by atoms with Gasteiger partial charge in [-0.2, -0.15) is 5.26 Å². The van der Waals surface area contributed by atoms with Gasteiger partial charge >= 0.3 is 0 Å². The third kappa shape index (κ3) is 5.10. The van der Waals surface area contributed by atoms with E-state index in [1.165, 1.54) is 11.8 Å². The molecule has 0 rings (SSSR count). The van der Waals surface area contributed by atoms with E-state index < -0.39 is 5.54 Å². The van der Waals surface area contributed by atoms with Gasteiger partial charge in [-0.05, 0) is 13.3 Å². The Balaban J connectivity index is 3.87. The number of aliphatic hydroxyl groups excluding tert-OH is 1. The second-order valence-electron chi connectivity index (χ2n) is 3.27. The number of aliphatic hydroxyl groups is 1. The number of nitriles is 1. The highest BCUT2D eigenvalue weighted by atomic mass is 32.2. The third-order valence-electron chi connectivity index (χ3n) is 1.97. The Bertz CT molecular complexity index is 221. The van der Waals surface area contributed by atoms with Crippen LogP contribution in [0.4, 0.5) is 0 Å². The molecule has 0 aliphatic rings. The van der Waals surface area contributed by atoms with Crippen LogP contribution in [0.3, 0.4) is 0 Å². The van der Waals surface area contributed by atoms with Gasteiger partial charge in [-0.1, -0.05) is 6.92 Å². The van der Waals surface area contributed by atoms with E-state index in [-0.39, 0.29) is 18.3 Å². The van der Waals surface area contributed by atoms with Crippen molar-refractivity contribution in [2.24, 2.45) is 0 Å². The van der Waals surface area contributed by atoms with E-state index in [4.69, 9.17) is 10.4 Å². The maximum atomic E-state index is 11.3. The fraction of sp³-hybridized carbons (Fsp3) is 0.778. The molecule has 0 saturated carbocycles. The molecule has 1 amide bonds. The van der Waals surface area contributed by atoms with Gasteiger partial charge in [0.05, 0.1) is 29.7 Å². The van der Waals surface area contributed by atoms with E-state index in [1.54, 1.807) is 6.92 Å². The fourth-order valence-corrected chi connectivity index (χ4v) is 1.25. The molecule has 2 N–H and O–H groups in total. The number of nitrogens with zero attached hydrogens (tertiary/aromatic N) is 1. The molecule has 14 heavy (non-hydrogen) atoms. The number of thioether (sulfide) groups is 1. The van der Waals surface area contributed by atoms with Gasteiger partial charge in [0.25, 0.3) is 0 Å². The maximum absolute atomic E-state index is 11.3. The Morgan fingerprint density at radius 3 is 2.79 bits per heavy atom. The first-order valence-electron chi connectivity index (χ1n) is 4.44. The molecule has 5 heteroatoms. The molecule has 0 aromatic carbocycles. The molecule has 0 saturated heterocycles. The summed E-state index contributed by atoms with van der Waals surface area (Å²) in [5.74, 6) is 0.446. The molecule has 0 aromatic heterocycles. The van der Waals surface area contributed by atoms with Gasteiger partial charge in [0, 0.05) is 0 Å². The summed E-state index contributed by atoms with van der Waals surface area (Å²) in [5.41, 5.74) is -0.537. The van der Waals surface area contributed by atoms with Crippen LogP contribution >= 0.6 is 11.8 Å². The van der Waals surface area contributed by atoms with Gasteiger partial charge in [-0.15, -0.1) is 11.8 Å². The molecule has 0 aromatic rings. The summed E-state index contributed by atoms with van der Waals surface area (Å²) in [7, 11) is 0. The molecule has 0 heterocycles. The van der Waals surface area contributed by atoms with Crippen molar-refractivity contribution in [3.05, 3.63) is 0 Å². The molecular weight excluding hydrogens is 200 g/mol. The minimum Gasteiger partial charge on any atom is -0.394 e. The summed E-state index contributed by atoms with van der Waals surface area (Å²) in [5, 5.41) is 20.0. The molecule has 0 aliphatic carbocycles. The molecule has 0 radical (unpaired) electrons. The summed E-state index contributed by atoms with van der Waals surface area (Å²) >= 11 is 1.27. The zero-order valence-electron chi connectivity index (χ0n) is 8.54. The van der Waals surface area contributed by atoms with E-state index in [0.717, 1.165) is 0 Å². The van der Waals surface area contributed by atoms with Crippen LogP contribution in [0.5, 0.6) is 0 Å².